The molecule has 5 heteroatoms. The van der Waals surface area contributed by atoms with Gasteiger partial charge < -0.3 is 5.73 Å². The SMILES string of the molecule is Cn1nc(C2(C)CC2F)c(F)c1N. The van der Waals surface area contributed by atoms with Gasteiger partial charge in [-0.25, -0.2) is 8.78 Å². The number of hydrogen-bond donors (Lipinski definition) is 1. The number of anilines is 1. The first-order valence-corrected chi connectivity index (χ1v) is 4.09. The molecular formula is C8H11F2N3. The molecule has 0 bridgehead atoms. The molecule has 1 aromatic rings. The summed E-state index contributed by atoms with van der Waals surface area (Å²) in [5.41, 5.74) is 4.78. The van der Waals surface area contributed by atoms with E-state index in [4.69, 9.17) is 5.73 Å². The van der Waals surface area contributed by atoms with Gasteiger partial charge in [-0.3, -0.25) is 4.68 Å². The highest BCUT2D eigenvalue weighted by atomic mass is 19.1. The largest absolute Gasteiger partial charge is 0.381 e. The fourth-order valence-electron chi connectivity index (χ4n) is 1.43. The summed E-state index contributed by atoms with van der Waals surface area (Å²) in [6.45, 7) is 1.66. The van der Waals surface area contributed by atoms with Gasteiger partial charge in [0.25, 0.3) is 0 Å². The molecular weight excluding hydrogens is 176 g/mol. The van der Waals surface area contributed by atoms with Crippen molar-refractivity contribution in [2.75, 3.05) is 5.73 Å². The van der Waals surface area contributed by atoms with Crippen LogP contribution in [-0.4, -0.2) is 16.0 Å². The van der Waals surface area contributed by atoms with Gasteiger partial charge in [0, 0.05) is 12.5 Å². The maximum Gasteiger partial charge on any atom is 0.188 e. The monoisotopic (exact) mass is 187 g/mol. The number of aromatic nitrogens is 2. The maximum absolute atomic E-state index is 13.4. The highest BCUT2D eigenvalue weighted by Crippen LogP contribution is 2.50. The molecule has 2 rings (SSSR count). The molecule has 2 unspecified atom stereocenters. The predicted molar refractivity (Wildman–Crippen MR) is 44.4 cm³/mol. The zero-order chi connectivity index (χ0) is 9.80. The molecule has 1 saturated carbocycles. The summed E-state index contributed by atoms with van der Waals surface area (Å²) in [5.74, 6) is -0.611. The fourth-order valence-corrected chi connectivity index (χ4v) is 1.43. The molecule has 1 fully saturated rings. The van der Waals surface area contributed by atoms with Crippen molar-refractivity contribution >= 4 is 5.82 Å². The summed E-state index contributed by atoms with van der Waals surface area (Å²) in [6.07, 6.45) is -0.656. The van der Waals surface area contributed by atoms with E-state index >= 15 is 0 Å². The van der Waals surface area contributed by atoms with E-state index in [1.165, 1.54) is 4.68 Å². The van der Waals surface area contributed by atoms with E-state index < -0.39 is 17.4 Å². The van der Waals surface area contributed by atoms with Crippen LogP contribution in [0.5, 0.6) is 0 Å². The van der Waals surface area contributed by atoms with Gasteiger partial charge in [0.15, 0.2) is 11.6 Å². The highest BCUT2D eigenvalue weighted by Gasteiger charge is 2.56. The second-order valence-corrected chi connectivity index (χ2v) is 3.76. The third-order valence-corrected chi connectivity index (χ3v) is 2.71. The Morgan fingerprint density at radius 3 is 2.54 bits per heavy atom. The lowest BCUT2D eigenvalue weighted by molar-refractivity contribution is 0.420. The Morgan fingerprint density at radius 1 is 1.69 bits per heavy atom. The summed E-state index contributed by atoms with van der Waals surface area (Å²) >= 11 is 0. The van der Waals surface area contributed by atoms with Crippen molar-refractivity contribution in [2.24, 2.45) is 7.05 Å². The molecule has 72 valence electrons. The Kier molecular flexibility index (Phi) is 1.44. The second-order valence-electron chi connectivity index (χ2n) is 3.76. The Bertz CT molecular complexity index is 361. The Labute approximate surface area is 74.5 Å². The van der Waals surface area contributed by atoms with Crippen LogP contribution >= 0.6 is 0 Å². The Morgan fingerprint density at radius 2 is 2.23 bits per heavy atom. The number of nitrogen functional groups attached to an aromatic ring is 1. The van der Waals surface area contributed by atoms with Gasteiger partial charge in [-0.15, -0.1) is 0 Å². The summed E-state index contributed by atoms with van der Waals surface area (Å²) in [7, 11) is 1.54. The van der Waals surface area contributed by atoms with E-state index in [0.29, 0.717) is 6.42 Å². The lowest BCUT2D eigenvalue weighted by atomic mass is 10.1. The molecule has 1 aliphatic rings. The Hall–Kier alpha value is -1.13. The third kappa shape index (κ3) is 0.959. The molecule has 0 aliphatic heterocycles. The van der Waals surface area contributed by atoms with Gasteiger partial charge >= 0.3 is 0 Å². The maximum atomic E-state index is 13.4. The quantitative estimate of drug-likeness (QED) is 0.716. The standard InChI is InChI=1S/C8H11F2N3/c1-8(3-4(8)9)6-5(10)7(11)13(2)12-6/h4H,3,11H2,1-2H3. The van der Waals surface area contributed by atoms with Crippen LogP contribution in [0.15, 0.2) is 0 Å². The van der Waals surface area contributed by atoms with E-state index in [1.807, 2.05) is 0 Å². The minimum atomic E-state index is -0.990. The van der Waals surface area contributed by atoms with Crippen molar-refractivity contribution < 1.29 is 8.78 Å². The van der Waals surface area contributed by atoms with Gasteiger partial charge in [-0.1, -0.05) is 6.92 Å². The van der Waals surface area contributed by atoms with Gasteiger partial charge in [-0.2, -0.15) is 5.10 Å². The first-order valence-electron chi connectivity index (χ1n) is 4.09. The zero-order valence-corrected chi connectivity index (χ0v) is 7.51. The van der Waals surface area contributed by atoms with Crippen LogP contribution in [0.4, 0.5) is 14.6 Å². The summed E-state index contributed by atoms with van der Waals surface area (Å²) in [4.78, 5) is 0. The number of halogens is 2. The lowest BCUT2D eigenvalue weighted by Crippen LogP contribution is -2.08. The van der Waals surface area contributed by atoms with Crippen LogP contribution in [0, 0.1) is 5.82 Å². The first-order chi connectivity index (χ1) is 5.97. The van der Waals surface area contributed by atoms with E-state index in [-0.39, 0.29) is 11.5 Å². The molecule has 3 nitrogen and oxygen atoms in total. The number of aryl methyl sites for hydroxylation is 1. The molecule has 1 heterocycles. The molecule has 0 aromatic carbocycles. The normalized spacial score (nSPS) is 32.2. The van der Waals surface area contributed by atoms with Gasteiger partial charge in [0.2, 0.25) is 0 Å². The van der Waals surface area contributed by atoms with Crippen molar-refractivity contribution in [3.8, 4) is 0 Å². The van der Waals surface area contributed by atoms with E-state index in [0.717, 1.165) is 0 Å². The van der Waals surface area contributed by atoms with Gasteiger partial charge in [0.1, 0.15) is 11.9 Å². The molecule has 2 atom stereocenters. The van der Waals surface area contributed by atoms with E-state index in [1.54, 1.807) is 14.0 Å². The van der Waals surface area contributed by atoms with Crippen molar-refractivity contribution in [1.82, 2.24) is 9.78 Å². The number of alkyl halides is 1. The van der Waals surface area contributed by atoms with E-state index in [2.05, 4.69) is 5.10 Å². The van der Waals surface area contributed by atoms with E-state index in [9.17, 15) is 8.78 Å². The average molecular weight is 187 g/mol. The number of nitrogens with two attached hydrogens (primary N) is 1. The predicted octanol–water partition coefficient (Wildman–Crippen LogP) is 1.14. The molecule has 0 radical (unpaired) electrons. The van der Waals surface area contributed by atoms with Gasteiger partial charge in [0.05, 0.1) is 0 Å². The molecule has 0 saturated heterocycles. The molecule has 2 N–H and O–H groups in total. The smallest absolute Gasteiger partial charge is 0.188 e. The topological polar surface area (TPSA) is 43.8 Å². The fraction of sp³-hybridized carbons (Fsp3) is 0.625. The molecule has 1 aromatic heterocycles. The summed E-state index contributed by atoms with van der Waals surface area (Å²) in [5, 5.41) is 3.87. The van der Waals surface area contributed by atoms with Crippen molar-refractivity contribution in [1.29, 1.82) is 0 Å². The van der Waals surface area contributed by atoms with Crippen LogP contribution < -0.4 is 5.73 Å². The third-order valence-electron chi connectivity index (χ3n) is 2.71. The number of hydrogen-bond acceptors (Lipinski definition) is 2. The van der Waals surface area contributed by atoms with Crippen LogP contribution in [0.25, 0.3) is 0 Å². The summed E-state index contributed by atoms with van der Waals surface area (Å²) < 4.78 is 27.5. The van der Waals surface area contributed by atoms with Crippen LogP contribution in [-0.2, 0) is 12.5 Å². The highest BCUT2D eigenvalue weighted by molar-refractivity contribution is 5.40. The number of rotatable bonds is 1. The minimum absolute atomic E-state index is 0.0321. The lowest BCUT2D eigenvalue weighted by Gasteiger charge is -2.02. The molecule has 1 aliphatic carbocycles. The van der Waals surface area contributed by atoms with Crippen molar-refractivity contribution in [2.45, 2.75) is 24.9 Å². The summed E-state index contributed by atoms with van der Waals surface area (Å²) in [6, 6.07) is 0. The average Bonchev–Trinajstić information content (AvgIpc) is 2.59. The van der Waals surface area contributed by atoms with Crippen LogP contribution in [0.3, 0.4) is 0 Å². The van der Waals surface area contributed by atoms with Crippen molar-refractivity contribution in [3.63, 3.8) is 0 Å². The minimum Gasteiger partial charge on any atom is -0.381 e. The molecule has 0 amide bonds. The zero-order valence-electron chi connectivity index (χ0n) is 7.51. The molecule has 0 spiro atoms. The first kappa shape index (κ1) is 8.47. The number of nitrogens with zero attached hydrogens (tertiary/aromatic N) is 2. The Balaban J connectivity index is 2.48. The van der Waals surface area contributed by atoms with Crippen LogP contribution in [0.2, 0.25) is 0 Å². The second kappa shape index (κ2) is 2.21. The molecule has 13 heavy (non-hydrogen) atoms. The van der Waals surface area contributed by atoms with Crippen molar-refractivity contribution in [3.05, 3.63) is 11.5 Å². The van der Waals surface area contributed by atoms with Gasteiger partial charge in [-0.05, 0) is 6.42 Å². The van der Waals surface area contributed by atoms with Crippen LogP contribution in [0.1, 0.15) is 19.0 Å².